The summed E-state index contributed by atoms with van der Waals surface area (Å²) in [5.41, 5.74) is 6.92. The number of aliphatic hydroxyl groups is 1. The molecule has 1 aliphatic rings. The molecule has 2 aromatic rings. The molecular formula is C10H14N6O2. The molecule has 2 atom stereocenters. The van der Waals surface area contributed by atoms with Crippen LogP contribution in [-0.2, 0) is 4.74 Å². The van der Waals surface area contributed by atoms with Gasteiger partial charge in [-0.05, 0) is 0 Å². The van der Waals surface area contributed by atoms with Crippen LogP contribution >= 0.6 is 0 Å². The largest absolute Gasteiger partial charge is 0.394 e. The third-order valence-electron chi connectivity index (χ3n) is 2.94. The van der Waals surface area contributed by atoms with E-state index in [4.69, 9.17) is 15.6 Å². The summed E-state index contributed by atoms with van der Waals surface area (Å²) < 4.78 is 7.53. The van der Waals surface area contributed by atoms with Crippen LogP contribution in [0.1, 0.15) is 6.23 Å². The van der Waals surface area contributed by atoms with Crippen molar-refractivity contribution >= 4 is 17.0 Å². The van der Waals surface area contributed by atoms with Crippen LogP contribution in [0.4, 0.5) is 5.82 Å². The van der Waals surface area contributed by atoms with Gasteiger partial charge in [-0.1, -0.05) is 0 Å². The van der Waals surface area contributed by atoms with Crippen molar-refractivity contribution in [3.8, 4) is 0 Å². The van der Waals surface area contributed by atoms with Gasteiger partial charge in [0.2, 0.25) is 0 Å². The molecule has 1 fully saturated rings. The number of nitrogens with one attached hydrogen (secondary N) is 1. The van der Waals surface area contributed by atoms with Gasteiger partial charge in [0.1, 0.15) is 18.1 Å². The maximum atomic E-state index is 9.13. The molecule has 8 heteroatoms. The number of nitrogen functional groups attached to an aromatic ring is 1. The molecule has 0 saturated carbocycles. The SMILES string of the molecule is Nc1ncnc2c1ncn2C1CNCC(CO)O1. The lowest BCUT2D eigenvalue weighted by Crippen LogP contribution is -2.44. The van der Waals surface area contributed by atoms with E-state index in [2.05, 4.69) is 20.3 Å². The van der Waals surface area contributed by atoms with E-state index in [0.29, 0.717) is 30.1 Å². The lowest BCUT2D eigenvalue weighted by molar-refractivity contribution is -0.0933. The average molecular weight is 250 g/mol. The van der Waals surface area contributed by atoms with Crippen molar-refractivity contribution in [2.75, 3.05) is 25.4 Å². The Morgan fingerprint density at radius 3 is 3.17 bits per heavy atom. The molecule has 4 N–H and O–H groups in total. The Hall–Kier alpha value is -1.77. The molecular weight excluding hydrogens is 236 g/mol. The highest BCUT2D eigenvalue weighted by Crippen LogP contribution is 2.21. The lowest BCUT2D eigenvalue weighted by Gasteiger charge is -2.30. The minimum absolute atomic E-state index is 0.0206. The fraction of sp³-hybridized carbons (Fsp3) is 0.500. The zero-order chi connectivity index (χ0) is 12.5. The Morgan fingerprint density at radius 1 is 1.44 bits per heavy atom. The van der Waals surface area contributed by atoms with Gasteiger partial charge in [-0.25, -0.2) is 15.0 Å². The fourth-order valence-electron chi connectivity index (χ4n) is 2.04. The van der Waals surface area contributed by atoms with Crippen LogP contribution in [0.15, 0.2) is 12.7 Å². The molecule has 18 heavy (non-hydrogen) atoms. The van der Waals surface area contributed by atoms with Gasteiger partial charge in [-0.15, -0.1) is 0 Å². The second-order valence-corrected chi connectivity index (χ2v) is 4.14. The number of fused-ring (bicyclic) bond motifs is 1. The highest BCUT2D eigenvalue weighted by atomic mass is 16.5. The second kappa shape index (κ2) is 4.48. The van der Waals surface area contributed by atoms with Gasteiger partial charge in [0.05, 0.1) is 19.0 Å². The van der Waals surface area contributed by atoms with Crippen molar-refractivity contribution in [3.05, 3.63) is 12.7 Å². The number of aliphatic hydroxyl groups excluding tert-OH is 1. The van der Waals surface area contributed by atoms with Crippen LogP contribution in [0.2, 0.25) is 0 Å². The number of rotatable bonds is 2. The van der Waals surface area contributed by atoms with E-state index in [-0.39, 0.29) is 18.9 Å². The predicted molar refractivity (Wildman–Crippen MR) is 63.6 cm³/mol. The monoisotopic (exact) mass is 250 g/mol. The topological polar surface area (TPSA) is 111 Å². The number of imidazole rings is 1. The van der Waals surface area contributed by atoms with Crippen LogP contribution in [0.5, 0.6) is 0 Å². The number of hydrogen-bond acceptors (Lipinski definition) is 7. The van der Waals surface area contributed by atoms with Gasteiger partial charge in [0.15, 0.2) is 11.5 Å². The first kappa shape index (κ1) is 11.3. The number of aromatic nitrogens is 4. The maximum Gasteiger partial charge on any atom is 0.167 e. The molecule has 3 heterocycles. The van der Waals surface area contributed by atoms with Crippen LogP contribution in [0, 0.1) is 0 Å². The summed E-state index contributed by atoms with van der Waals surface area (Å²) >= 11 is 0. The molecule has 1 saturated heterocycles. The summed E-state index contributed by atoms with van der Waals surface area (Å²) in [7, 11) is 0. The van der Waals surface area contributed by atoms with Gasteiger partial charge >= 0.3 is 0 Å². The molecule has 1 aliphatic heterocycles. The predicted octanol–water partition coefficient (Wildman–Crippen LogP) is -1.11. The van der Waals surface area contributed by atoms with Crippen molar-refractivity contribution in [2.24, 2.45) is 0 Å². The van der Waals surface area contributed by atoms with Crippen LogP contribution < -0.4 is 11.1 Å². The summed E-state index contributed by atoms with van der Waals surface area (Å²) in [4.78, 5) is 12.2. The van der Waals surface area contributed by atoms with E-state index >= 15 is 0 Å². The summed E-state index contributed by atoms with van der Waals surface area (Å²) in [5.74, 6) is 0.348. The van der Waals surface area contributed by atoms with Crippen molar-refractivity contribution in [3.63, 3.8) is 0 Å². The number of nitrogens with zero attached hydrogens (tertiary/aromatic N) is 4. The molecule has 8 nitrogen and oxygen atoms in total. The molecule has 0 amide bonds. The molecule has 0 radical (unpaired) electrons. The molecule has 96 valence electrons. The number of anilines is 1. The van der Waals surface area contributed by atoms with Crippen molar-refractivity contribution in [1.29, 1.82) is 0 Å². The molecule has 2 aromatic heterocycles. The summed E-state index contributed by atoms with van der Waals surface area (Å²) in [6.07, 6.45) is 2.55. The summed E-state index contributed by atoms with van der Waals surface area (Å²) in [6, 6.07) is 0. The third kappa shape index (κ3) is 1.80. The number of hydrogen-bond donors (Lipinski definition) is 3. The maximum absolute atomic E-state index is 9.13. The first-order valence-corrected chi connectivity index (χ1v) is 5.69. The number of ether oxygens (including phenoxy) is 1. The van der Waals surface area contributed by atoms with Crippen molar-refractivity contribution < 1.29 is 9.84 Å². The quantitative estimate of drug-likeness (QED) is 0.619. The van der Waals surface area contributed by atoms with E-state index in [1.807, 2.05) is 0 Å². The molecule has 3 rings (SSSR count). The van der Waals surface area contributed by atoms with Crippen LogP contribution in [-0.4, -0.2) is 50.4 Å². The van der Waals surface area contributed by atoms with Gasteiger partial charge in [-0.3, -0.25) is 4.57 Å². The lowest BCUT2D eigenvalue weighted by atomic mass is 10.3. The van der Waals surface area contributed by atoms with Gasteiger partial charge in [0, 0.05) is 13.1 Å². The van der Waals surface area contributed by atoms with Crippen molar-refractivity contribution in [2.45, 2.75) is 12.3 Å². The highest BCUT2D eigenvalue weighted by Gasteiger charge is 2.24. The minimum Gasteiger partial charge on any atom is -0.394 e. The van der Waals surface area contributed by atoms with Gasteiger partial charge in [0.25, 0.3) is 0 Å². The second-order valence-electron chi connectivity index (χ2n) is 4.14. The van der Waals surface area contributed by atoms with E-state index < -0.39 is 0 Å². The Kier molecular flexibility index (Phi) is 2.82. The fourth-order valence-corrected chi connectivity index (χ4v) is 2.04. The minimum atomic E-state index is -0.254. The Labute approximate surface area is 103 Å². The van der Waals surface area contributed by atoms with E-state index in [1.165, 1.54) is 6.33 Å². The third-order valence-corrected chi connectivity index (χ3v) is 2.94. The Bertz CT molecular complexity index is 556. The van der Waals surface area contributed by atoms with E-state index in [9.17, 15) is 0 Å². The standard InChI is InChI=1S/C10H14N6O2/c11-9-8-10(14-4-13-9)16(5-15-8)7-2-12-1-6(3-17)18-7/h4-7,12,17H,1-3H2,(H2,11,13,14). The average Bonchev–Trinajstić information content (AvgIpc) is 2.84. The Balaban J connectivity index is 1.96. The normalized spacial score (nSPS) is 24.5. The smallest absolute Gasteiger partial charge is 0.167 e. The molecule has 0 aromatic carbocycles. The first-order chi connectivity index (χ1) is 8.79. The van der Waals surface area contributed by atoms with E-state index in [0.717, 1.165) is 0 Å². The first-order valence-electron chi connectivity index (χ1n) is 5.69. The summed E-state index contributed by atoms with van der Waals surface area (Å²) in [5, 5.41) is 12.3. The molecule has 0 aliphatic carbocycles. The van der Waals surface area contributed by atoms with Crippen LogP contribution in [0.3, 0.4) is 0 Å². The summed E-state index contributed by atoms with van der Waals surface area (Å²) in [6.45, 7) is 1.25. The van der Waals surface area contributed by atoms with Gasteiger partial charge < -0.3 is 20.9 Å². The molecule has 2 unspecified atom stereocenters. The number of nitrogens with two attached hydrogens (primary N) is 1. The molecule has 0 bridgehead atoms. The van der Waals surface area contributed by atoms with Crippen molar-refractivity contribution in [1.82, 2.24) is 24.8 Å². The zero-order valence-corrected chi connectivity index (χ0v) is 9.65. The zero-order valence-electron chi connectivity index (χ0n) is 9.65. The number of morpholine rings is 1. The Morgan fingerprint density at radius 2 is 2.33 bits per heavy atom. The van der Waals surface area contributed by atoms with E-state index in [1.54, 1.807) is 10.9 Å². The highest BCUT2D eigenvalue weighted by molar-refractivity contribution is 5.81. The van der Waals surface area contributed by atoms with Gasteiger partial charge in [-0.2, -0.15) is 0 Å². The van der Waals surface area contributed by atoms with Crippen LogP contribution in [0.25, 0.3) is 11.2 Å². The molecule has 0 spiro atoms.